The van der Waals surface area contributed by atoms with Gasteiger partial charge in [-0.25, -0.2) is 0 Å². The first-order valence-corrected chi connectivity index (χ1v) is 4.20. The van der Waals surface area contributed by atoms with Gasteiger partial charge < -0.3 is 11.1 Å². The maximum Gasteiger partial charge on any atom is 0.221 e. The lowest BCUT2D eigenvalue weighted by molar-refractivity contribution is -0.114. The highest BCUT2D eigenvalue weighted by Gasteiger charge is 2.07. The molecule has 0 heterocycles. The minimum atomic E-state index is -0.309. The number of nitrogens with one attached hydrogen (secondary N) is 1. The number of benzene rings is 1. The van der Waals surface area contributed by atoms with E-state index in [0.29, 0.717) is 18.3 Å². The summed E-state index contributed by atoms with van der Waals surface area (Å²) in [4.78, 5) is 32.0. The molecule has 0 aliphatic heterocycles. The van der Waals surface area contributed by atoms with Crippen LogP contribution in [0.3, 0.4) is 0 Å². The second-order valence-electron chi connectivity index (χ2n) is 2.99. The van der Waals surface area contributed by atoms with Crippen LogP contribution in [0, 0.1) is 0 Å². The second-order valence-corrected chi connectivity index (χ2v) is 2.99. The summed E-state index contributed by atoms with van der Waals surface area (Å²) < 4.78 is 0. The smallest absolute Gasteiger partial charge is 0.221 e. The third kappa shape index (κ3) is 2.40. The fourth-order valence-electron chi connectivity index (χ4n) is 1.15. The van der Waals surface area contributed by atoms with Gasteiger partial charge in [-0.2, -0.15) is 0 Å². The molecule has 1 amide bonds. The fraction of sp³-hybridized carbons (Fsp3) is 0.100. The number of carbonyl (C=O) groups is 3. The number of nitrogen functional groups attached to an aromatic ring is 1. The predicted octanol–water partition coefficient (Wildman–Crippen LogP) is 0.852. The van der Waals surface area contributed by atoms with Crippen molar-refractivity contribution in [2.45, 2.75) is 6.92 Å². The van der Waals surface area contributed by atoms with E-state index in [0.717, 1.165) is 0 Å². The molecule has 1 rings (SSSR count). The van der Waals surface area contributed by atoms with Crippen molar-refractivity contribution >= 4 is 29.9 Å². The van der Waals surface area contributed by atoms with Crippen LogP contribution in [0.15, 0.2) is 12.1 Å². The average Bonchev–Trinajstić information content (AvgIpc) is 2.17. The van der Waals surface area contributed by atoms with Gasteiger partial charge in [0.1, 0.15) is 0 Å². The maximum atomic E-state index is 10.8. The minimum Gasteiger partial charge on any atom is -0.398 e. The number of nitrogens with two attached hydrogens (primary N) is 1. The molecule has 1 aromatic rings. The summed E-state index contributed by atoms with van der Waals surface area (Å²) in [6.07, 6.45) is 1.11. The van der Waals surface area contributed by atoms with Crippen molar-refractivity contribution in [1.82, 2.24) is 0 Å². The van der Waals surface area contributed by atoms with Crippen LogP contribution in [0.2, 0.25) is 0 Å². The number of amides is 1. The highest BCUT2D eigenvalue weighted by Crippen LogP contribution is 2.21. The molecule has 0 atom stereocenters. The predicted molar refractivity (Wildman–Crippen MR) is 55.9 cm³/mol. The van der Waals surface area contributed by atoms with E-state index in [1.807, 2.05) is 0 Å². The second kappa shape index (κ2) is 4.36. The highest BCUT2D eigenvalue weighted by molar-refractivity contribution is 5.99. The molecule has 0 fully saturated rings. The summed E-state index contributed by atoms with van der Waals surface area (Å²) in [6.45, 7) is 1.32. The van der Waals surface area contributed by atoms with Crippen molar-refractivity contribution in [3.63, 3.8) is 0 Å². The van der Waals surface area contributed by atoms with Crippen LogP contribution in [0.5, 0.6) is 0 Å². The third-order valence-corrected chi connectivity index (χ3v) is 1.82. The molecule has 5 nitrogen and oxygen atoms in total. The van der Waals surface area contributed by atoms with E-state index in [9.17, 15) is 14.4 Å². The Balaban J connectivity index is 3.26. The Labute approximate surface area is 86.3 Å². The van der Waals surface area contributed by atoms with Gasteiger partial charge in [-0.15, -0.1) is 0 Å². The lowest BCUT2D eigenvalue weighted by atomic mass is 10.1. The van der Waals surface area contributed by atoms with E-state index in [2.05, 4.69) is 5.32 Å². The van der Waals surface area contributed by atoms with E-state index < -0.39 is 0 Å². The Hall–Kier alpha value is -2.17. The van der Waals surface area contributed by atoms with Crippen molar-refractivity contribution in [3.05, 3.63) is 23.3 Å². The molecule has 5 heteroatoms. The van der Waals surface area contributed by atoms with Crippen molar-refractivity contribution in [2.75, 3.05) is 11.1 Å². The summed E-state index contributed by atoms with van der Waals surface area (Å²) in [5.41, 5.74) is 6.51. The Morgan fingerprint density at radius 1 is 1.27 bits per heavy atom. The molecule has 0 saturated carbocycles. The van der Waals surface area contributed by atoms with Crippen molar-refractivity contribution in [3.8, 4) is 0 Å². The molecule has 0 aliphatic carbocycles. The Morgan fingerprint density at radius 2 is 1.87 bits per heavy atom. The molecule has 0 unspecified atom stereocenters. The van der Waals surface area contributed by atoms with E-state index in [-0.39, 0.29) is 22.7 Å². The Bertz CT molecular complexity index is 427. The molecular weight excluding hydrogens is 196 g/mol. The first kappa shape index (κ1) is 10.9. The maximum absolute atomic E-state index is 10.8. The fourth-order valence-corrected chi connectivity index (χ4v) is 1.15. The molecule has 1 aromatic carbocycles. The van der Waals surface area contributed by atoms with Crippen LogP contribution in [-0.4, -0.2) is 18.5 Å². The molecule has 0 bridgehead atoms. The molecular formula is C10H10N2O3. The Morgan fingerprint density at radius 3 is 2.33 bits per heavy atom. The van der Waals surface area contributed by atoms with Gasteiger partial charge in [-0.1, -0.05) is 0 Å². The molecule has 0 radical (unpaired) electrons. The molecule has 0 aliphatic rings. The van der Waals surface area contributed by atoms with E-state index in [1.165, 1.54) is 19.1 Å². The van der Waals surface area contributed by atoms with Crippen LogP contribution >= 0.6 is 0 Å². The summed E-state index contributed by atoms with van der Waals surface area (Å²) in [5, 5.41) is 2.45. The average molecular weight is 206 g/mol. The van der Waals surface area contributed by atoms with Crippen molar-refractivity contribution in [1.29, 1.82) is 0 Å². The standard InChI is InChI=1S/C10H10N2O3/c1-6(15)12-10-3-9(11)7(4-13)2-8(10)5-14/h2-5H,11H2,1H3,(H,12,15). The van der Waals surface area contributed by atoms with E-state index in [1.54, 1.807) is 0 Å². The number of hydrogen-bond donors (Lipinski definition) is 2. The van der Waals surface area contributed by atoms with Gasteiger partial charge in [0.2, 0.25) is 5.91 Å². The van der Waals surface area contributed by atoms with E-state index >= 15 is 0 Å². The van der Waals surface area contributed by atoms with Gasteiger partial charge in [-0.3, -0.25) is 14.4 Å². The third-order valence-electron chi connectivity index (χ3n) is 1.82. The van der Waals surface area contributed by atoms with Gasteiger partial charge in [0.25, 0.3) is 0 Å². The largest absolute Gasteiger partial charge is 0.398 e. The topological polar surface area (TPSA) is 89.3 Å². The van der Waals surface area contributed by atoms with Gasteiger partial charge in [-0.05, 0) is 12.1 Å². The molecule has 0 spiro atoms. The lowest BCUT2D eigenvalue weighted by Gasteiger charge is -2.08. The lowest BCUT2D eigenvalue weighted by Crippen LogP contribution is -2.09. The molecule has 78 valence electrons. The summed E-state index contributed by atoms with van der Waals surface area (Å²) in [6, 6.07) is 2.72. The normalized spacial score (nSPS) is 9.40. The zero-order chi connectivity index (χ0) is 11.4. The number of hydrogen-bond acceptors (Lipinski definition) is 4. The van der Waals surface area contributed by atoms with Gasteiger partial charge >= 0.3 is 0 Å². The molecule has 3 N–H and O–H groups in total. The minimum absolute atomic E-state index is 0.222. The van der Waals surface area contributed by atoms with Crippen LogP contribution in [0.1, 0.15) is 27.6 Å². The van der Waals surface area contributed by atoms with Crippen LogP contribution in [-0.2, 0) is 4.79 Å². The molecule has 0 saturated heterocycles. The monoisotopic (exact) mass is 206 g/mol. The van der Waals surface area contributed by atoms with Gasteiger partial charge in [0, 0.05) is 23.7 Å². The van der Waals surface area contributed by atoms with Gasteiger partial charge in [0.15, 0.2) is 12.6 Å². The van der Waals surface area contributed by atoms with Crippen molar-refractivity contribution in [2.24, 2.45) is 0 Å². The zero-order valence-electron chi connectivity index (χ0n) is 8.11. The number of rotatable bonds is 3. The van der Waals surface area contributed by atoms with Crippen LogP contribution in [0.4, 0.5) is 11.4 Å². The summed E-state index contributed by atoms with van der Waals surface area (Å²) in [5.74, 6) is -0.309. The van der Waals surface area contributed by atoms with Crippen molar-refractivity contribution < 1.29 is 14.4 Å². The molecule has 15 heavy (non-hydrogen) atoms. The quantitative estimate of drug-likeness (QED) is 0.566. The number of aldehydes is 2. The SMILES string of the molecule is CC(=O)Nc1cc(N)c(C=O)cc1C=O. The van der Waals surface area contributed by atoms with E-state index in [4.69, 9.17) is 5.73 Å². The first-order valence-electron chi connectivity index (χ1n) is 4.20. The highest BCUT2D eigenvalue weighted by atomic mass is 16.1. The first-order chi connectivity index (χ1) is 7.08. The van der Waals surface area contributed by atoms with Crippen LogP contribution in [0.25, 0.3) is 0 Å². The number of anilines is 2. The summed E-state index contributed by atoms with van der Waals surface area (Å²) in [7, 11) is 0. The zero-order valence-corrected chi connectivity index (χ0v) is 8.11. The van der Waals surface area contributed by atoms with Crippen LogP contribution < -0.4 is 11.1 Å². The summed E-state index contributed by atoms with van der Waals surface area (Å²) >= 11 is 0. The van der Waals surface area contributed by atoms with Gasteiger partial charge in [0.05, 0.1) is 5.69 Å². The Kier molecular flexibility index (Phi) is 3.17. The number of carbonyl (C=O) groups excluding carboxylic acids is 3. The molecule has 0 aromatic heterocycles.